The van der Waals surface area contributed by atoms with Gasteiger partial charge in [0.2, 0.25) is 0 Å². The van der Waals surface area contributed by atoms with Crippen LogP contribution in [0, 0.1) is 12.1 Å². The van der Waals surface area contributed by atoms with Crippen molar-refractivity contribution in [1.29, 1.82) is 0 Å². The lowest BCUT2D eigenvalue weighted by Gasteiger charge is -2.10. The summed E-state index contributed by atoms with van der Waals surface area (Å²) >= 11 is 0. The first kappa shape index (κ1) is 10.0. The Morgan fingerprint density at radius 3 is 2.38 bits per heavy atom. The lowest BCUT2D eigenvalue weighted by Crippen LogP contribution is -2.70. The molecule has 0 atom stereocenters. The van der Waals surface area contributed by atoms with E-state index in [2.05, 4.69) is 0 Å². The minimum Gasteiger partial charge on any atom is -0.630 e. The average Bonchev–Trinajstić information content (AvgIpc) is 2.03. The van der Waals surface area contributed by atoms with Crippen molar-refractivity contribution in [2.75, 3.05) is 0 Å². The Morgan fingerprint density at radius 2 is 1.92 bits per heavy atom. The Labute approximate surface area is 73.0 Å². The maximum absolute atomic E-state index is 12.1. The van der Waals surface area contributed by atoms with Gasteiger partial charge in [-0.2, -0.15) is 13.2 Å². The Morgan fingerprint density at radius 1 is 1.31 bits per heavy atom. The number of halogens is 3. The van der Waals surface area contributed by atoms with E-state index in [4.69, 9.17) is 0 Å². The Kier molecular flexibility index (Phi) is 2.58. The molecule has 0 radical (unpaired) electrons. The van der Waals surface area contributed by atoms with E-state index in [1.165, 1.54) is 6.07 Å². The molecule has 1 rings (SSSR count). The summed E-state index contributed by atoms with van der Waals surface area (Å²) in [7, 11) is 0. The zero-order valence-electron chi connectivity index (χ0n) is 6.85. The van der Waals surface area contributed by atoms with Crippen molar-refractivity contribution in [3.63, 3.8) is 0 Å². The molecule has 5 heteroatoms. The molecule has 0 aliphatic heterocycles. The van der Waals surface area contributed by atoms with Gasteiger partial charge in [-0.05, 0) is 13.0 Å². The molecule has 0 unspecified atom stereocenters. The fourth-order valence-electron chi connectivity index (χ4n) is 0.944. The number of hydrogen-bond acceptors (Lipinski definition) is 1. The molecule has 0 amide bonds. The SMILES string of the molecule is Cc1ccc(C(F)(F)F)cc1[NH2+][O-]. The van der Waals surface area contributed by atoms with Gasteiger partial charge in [-0.1, -0.05) is 6.07 Å². The van der Waals surface area contributed by atoms with Gasteiger partial charge in [0.25, 0.3) is 0 Å². The lowest BCUT2D eigenvalue weighted by molar-refractivity contribution is -0.497. The fraction of sp³-hybridized carbons (Fsp3) is 0.250. The van der Waals surface area contributed by atoms with Gasteiger partial charge in [0.05, 0.1) is 5.56 Å². The van der Waals surface area contributed by atoms with Gasteiger partial charge in [0, 0.05) is 11.6 Å². The largest absolute Gasteiger partial charge is 0.630 e. The molecular formula is C8H8F3NO. The summed E-state index contributed by atoms with van der Waals surface area (Å²) in [6.07, 6.45) is -4.38. The fourth-order valence-corrected chi connectivity index (χ4v) is 0.944. The van der Waals surface area contributed by atoms with Crippen LogP contribution in [0.3, 0.4) is 0 Å². The number of alkyl halides is 3. The first-order valence-corrected chi connectivity index (χ1v) is 3.58. The van der Waals surface area contributed by atoms with Gasteiger partial charge in [0.15, 0.2) is 0 Å². The van der Waals surface area contributed by atoms with Gasteiger partial charge in [-0.3, -0.25) is 0 Å². The minimum absolute atomic E-state index is 0.0785. The molecule has 1 aromatic carbocycles. The topological polar surface area (TPSA) is 39.7 Å². The standard InChI is InChI=1S/C8H8F3NO/c1-5-2-3-6(8(9,10)11)4-7(5)12-13/h2-4H,12H2,1H3. The van der Waals surface area contributed by atoms with E-state index >= 15 is 0 Å². The van der Waals surface area contributed by atoms with E-state index in [1.807, 2.05) is 0 Å². The molecule has 0 saturated carbocycles. The Hall–Kier alpha value is -1.07. The van der Waals surface area contributed by atoms with Crippen LogP contribution in [0.5, 0.6) is 0 Å². The number of nitrogens with two attached hydrogens (primary N) is 1. The smallest absolute Gasteiger partial charge is 0.416 e. The molecule has 0 bridgehead atoms. The molecule has 0 aliphatic rings. The van der Waals surface area contributed by atoms with Crippen LogP contribution >= 0.6 is 0 Å². The molecule has 72 valence electrons. The number of quaternary nitrogens is 1. The molecular weight excluding hydrogens is 183 g/mol. The summed E-state index contributed by atoms with van der Waals surface area (Å²) in [5.41, 5.74) is 0.253. The second kappa shape index (κ2) is 3.35. The number of aryl methyl sites for hydroxylation is 1. The zero-order valence-corrected chi connectivity index (χ0v) is 6.85. The third-order valence-electron chi connectivity index (χ3n) is 1.73. The first-order valence-electron chi connectivity index (χ1n) is 3.58. The quantitative estimate of drug-likeness (QED) is 0.532. The molecule has 0 fully saturated rings. The molecule has 0 saturated heterocycles. The zero-order chi connectivity index (χ0) is 10.1. The van der Waals surface area contributed by atoms with E-state index in [-0.39, 0.29) is 5.69 Å². The van der Waals surface area contributed by atoms with Crippen molar-refractivity contribution in [3.05, 3.63) is 34.5 Å². The molecule has 1 aromatic rings. The summed E-state index contributed by atoms with van der Waals surface area (Å²) in [5, 5.41) is 10.3. The normalized spacial score (nSPS) is 11.8. The van der Waals surface area contributed by atoms with E-state index in [0.717, 1.165) is 12.1 Å². The summed E-state index contributed by atoms with van der Waals surface area (Å²) in [4.78, 5) is 0. The molecule has 0 heterocycles. The van der Waals surface area contributed by atoms with Crippen LogP contribution in [0.4, 0.5) is 18.9 Å². The summed E-state index contributed by atoms with van der Waals surface area (Å²) < 4.78 is 36.4. The second-order valence-electron chi connectivity index (χ2n) is 2.69. The molecule has 0 aromatic heterocycles. The molecule has 0 spiro atoms. The van der Waals surface area contributed by atoms with Crippen LogP contribution < -0.4 is 5.48 Å². The van der Waals surface area contributed by atoms with E-state index in [9.17, 15) is 18.4 Å². The lowest BCUT2D eigenvalue weighted by atomic mass is 10.1. The van der Waals surface area contributed by atoms with Gasteiger partial charge in [-0.15, -0.1) is 0 Å². The number of rotatable bonds is 1. The second-order valence-corrected chi connectivity index (χ2v) is 2.69. The van der Waals surface area contributed by atoms with Crippen LogP contribution in [0.1, 0.15) is 11.1 Å². The minimum atomic E-state index is -4.38. The molecule has 2 nitrogen and oxygen atoms in total. The predicted molar refractivity (Wildman–Crippen MR) is 41.1 cm³/mol. The van der Waals surface area contributed by atoms with Crippen molar-refractivity contribution >= 4 is 5.69 Å². The van der Waals surface area contributed by atoms with E-state index in [0.29, 0.717) is 11.0 Å². The van der Waals surface area contributed by atoms with Gasteiger partial charge >= 0.3 is 6.18 Å². The number of hydrogen-bond donors (Lipinski definition) is 1. The maximum Gasteiger partial charge on any atom is 0.416 e. The Bertz CT molecular complexity index is 309. The first-order chi connectivity index (χ1) is 5.95. The van der Waals surface area contributed by atoms with Crippen LogP contribution in [0.25, 0.3) is 0 Å². The third kappa shape index (κ3) is 2.19. The predicted octanol–water partition coefficient (Wildman–Crippen LogP) is 1.71. The molecule has 13 heavy (non-hydrogen) atoms. The highest BCUT2D eigenvalue weighted by Gasteiger charge is 2.31. The summed E-state index contributed by atoms with van der Waals surface area (Å²) in [5.74, 6) is 0. The van der Waals surface area contributed by atoms with Crippen LogP contribution in [0.15, 0.2) is 18.2 Å². The van der Waals surface area contributed by atoms with Gasteiger partial charge in [-0.25, -0.2) is 0 Å². The molecule has 2 N–H and O–H groups in total. The summed E-state index contributed by atoms with van der Waals surface area (Å²) in [6, 6.07) is 3.09. The third-order valence-corrected chi connectivity index (χ3v) is 1.73. The summed E-state index contributed by atoms with van der Waals surface area (Å²) in [6.45, 7) is 1.59. The van der Waals surface area contributed by atoms with Crippen molar-refractivity contribution in [2.24, 2.45) is 0 Å². The van der Waals surface area contributed by atoms with Crippen molar-refractivity contribution in [2.45, 2.75) is 13.1 Å². The maximum atomic E-state index is 12.1. The van der Waals surface area contributed by atoms with Gasteiger partial charge < -0.3 is 10.7 Å². The van der Waals surface area contributed by atoms with Gasteiger partial charge in [0.1, 0.15) is 5.69 Å². The number of benzene rings is 1. The van der Waals surface area contributed by atoms with Crippen molar-refractivity contribution in [1.82, 2.24) is 0 Å². The van der Waals surface area contributed by atoms with E-state index < -0.39 is 11.7 Å². The highest BCUT2D eigenvalue weighted by Crippen LogP contribution is 2.30. The van der Waals surface area contributed by atoms with Crippen molar-refractivity contribution in [3.8, 4) is 0 Å². The van der Waals surface area contributed by atoms with Crippen LogP contribution in [0.2, 0.25) is 0 Å². The van der Waals surface area contributed by atoms with Crippen molar-refractivity contribution < 1.29 is 18.7 Å². The van der Waals surface area contributed by atoms with E-state index in [1.54, 1.807) is 6.92 Å². The Balaban J connectivity index is 3.14. The highest BCUT2D eigenvalue weighted by molar-refractivity contribution is 5.42. The van der Waals surface area contributed by atoms with Crippen LogP contribution in [-0.2, 0) is 6.18 Å². The average molecular weight is 191 g/mol. The molecule has 0 aliphatic carbocycles. The van der Waals surface area contributed by atoms with Crippen LogP contribution in [-0.4, -0.2) is 0 Å². The highest BCUT2D eigenvalue weighted by atomic mass is 19.4. The monoisotopic (exact) mass is 191 g/mol.